The van der Waals surface area contributed by atoms with E-state index in [9.17, 15) is 22.4 Å². The van der Waals surface area contributed by atoms with Gasteiger partial charge in [-0.05, 0) is 24.3 Å². The molecule has 0 aliphatic carbocycles. The van der Waals surface area contributed by atoms with Crippen molar-refractivity contribution < 1.29 is 22.4 Å². The second-order valence-corrected chi connectivity index (χ2v) is 3.76. The maximum Gasteiger partial charge on any atom is 0.416 e. The highest BCUT2D eigenvalue weighted by Crippen LogP contribution is 2.31. The van der Waals surface area contributed by atoms with Gasteiger partial charge in [0.1, 0.15) is 0 Å². The van der Waals surface area contributed by atoms with Gasteiger partial charge in [0.25, 0.3) is 0 Å². The van der Waals surface area contributed by atoms with Crippen molar-refractivity contribution in [3.8, 4) is 11.3 Å². The lowest BCUT2D eigenvalue weighted by atomic mass is 10.0. The number of carbonyl (C=O) groups excluding carboxylic acids is 1. The molecule has 1 aromatic carbocycles. The first-order valence-corrected chi connectivity index (χ1v) is 5.21. The van der Waals surface area contributed by atoms with Gasteiger partial charge in [-0.3, -0.25) is 4.79 Å². The molecule has 6 heteroatoms. The smallest absolute Gasteiger partial charge is 0.298 e. The lowest BCUT2D eigenvalue weighted by Gasteiger charge is -2.08. The minimum Gasteiger partial charge on any atom is -0.298 e. The predicted molar refractivity (Wildman–Crippen MR) is 60.0 cm³/mol. The minimum atomic E-state index is -4.44. The molecule has 0 unspecified atom stereocenters. The lowest BCUT2D eigenvalue weighted by Crippen LogP contribution is -2.04. The van der Waals surface area contributed by atoms with Crippen LogP contribution in [0.5, 0.6) is 0 Å². The van der Waals surface area contributed by atoms with Crippen LogP contribution in [0.2, 0.25) is 0 Å². The third-order valence-corrected chi connectivity index (χ3v) is 2.51. The van der Waals surface area contributed by atoms with Crippen molar-refractivity contribution in [2.75, 3.05) is 0 Å². The van der Waals surface area contributed by atoms with Crippen LogP contribution in [0.3, 0.4) is 0 Å². The summed E-state index contributed by atoms with van der Waals surface area (Å²) in [7, 11) is 0. The Bertz CT molecular complexity index is 605. The van der Waals surface area contributed by atoms with E-state index in [4.69, 9.17) is 0 Å². The summed E-state index contributed by atoms with van der Waals surface area (Å²) in [6.45, 7) is 0. The zero-order valence-electron chi connectivity index (χ0n) is 9.41. The number of alkyl halides is 3. The molecule has 0 bridgehead atoms. The molecule has 2 aromatic rings. The molecule has 1 heterocycles. The van der Waals surface area contributed by atoms with Gasteiger partial charge in [0, 0.05) is 11.1 Å². The van der Waals surface area contributed by atoms with Crippen LogP contribution in [0.15, 0.2) is 36.4 Å². The van der Waals surface area contributed by atoms with E-state index in [-0.39, 0.29) is 16.8 Å². The number of halogens is 4. The van der Waals surface area contributed by atoms with E-state index >= 15 is 0 Å². The zero-order valence-corrected chi connectivity index (χ0v) is 9.41. The second-order valence-electron chi connectivity index (χ2n) is 3.76. The Balaban J connectivity index is 2.48. The largest absolute Gasteiger partial charge is 0.416 e. The molecule has 19 heavy (non-hydrogen) atoms. The van der Waals surface area contributed by atoms with Crippen LogP contribution in [-0.4, -0.2) is 11.3 Å². The van der Waals surface area contributed by atoms with E-state index in [0.717, 1.165) is 30.3 Å². The van der Waals surface area contributed by atoms with Crippen molar-refractivity contribution in [3.05, 3.63) is 53.5 Å². The SMILES string of the molecule is O=Cc1ccc(F)nc1-c1ccc(C(F)(F)F)cc1. The molecule has 0 radical (unpaired) electrons. The molecule has 98 valence electrons. The molecular formula is C13H7F4NO. The number of benzene rings is 1. The summed E-state index contributed by atoms with van der Waals surface area (Å²) in [6.07, 6.45) is -3.97. The normalized spacial score (nSPS) is 11.4. The van der Waals surface area contributed by atoms with Gasteiger partial charge in [0.05, 0.1) is 11.3 Å². The summed E-state index contributed by atoms with van der Waals surface area (Å²) in [6, 6.07) is 6.25. The third kappa shape index (κ3) is 2.78. The predicted octanol–water partition coefficient (Wildman–Crippen LogP) is 3.72. The summed E-state index contributed by atoms with van der Waals surface area (Å²) < 4.78 is 50.2. The van der Waals surface area contributed by atoms with Crippen LogP contribution in [-0.2, 0) is 6.18 Å². The van der Waals surface area contributed by atoms with Gasteiger partial charge in [-0.25, -0.2) is 4.98 Å². The van der Waals surface area contributed by atoms with Crippen molar-refractivity contribution in [2.24, 2.45) is 0 Å². The van der Waals surface area contributed by atoms with Crippen LogP contribution in [0.4, 0.5) is 17.6 Å². The maximum absolute atomic E-state index is 13.0. The quantitative estimate of drug-likeness (QED) is 0.472. The van der Waals surface area contributed by atoms with Gasteiger partial charge in [-0.2, -0.15) is 17.6 Å². The van der Waals surface area contributed by atoms with E-state index in [1.54, 1.807) is 0 Å². The average Bonchev–Trinajstić information content (AvgIpc) is 2.38. The molecule has 1 aromatic heterocycles. The Morgan fingerprint density at radius 3 is 2.16 bits per heavy atom. The molecule has 0 spiro atoms. The summed E-state index contributed by atoms with van der Waals surface area (Å²) in [4.78, 5) is 14.3. The second kappa shape index (κ2) is 4.79. The van der Waals surface area contributed by atoms with Crippen molar-refractivity contribution >= 4 is 6.29 Å². The molecule has 0 saturated carbocycles. The van der Waals surface area contributed by atoms with E-state index in [0.29, 0.717) is 6.29 Å². The third-order valence-electron chi connectivity index (χ3n) is 2.51. The van der Waals surface area contributed by atoms with Crippen LogP contribution in [0, 0.1) is 5.95 Å². The number of hydrogen-bond acceptors (Lipinski definition) is 2. The van der Waals surface area contributed by atoms with Gasteiger partial charge in [-0.15, -0.1) is 0 Å². The topological polar surface area (TPSA) is 30.0 Å². The van der Waals surface area contributed by atoms with Crippen LogP contribution < -0.4 is 0 Å². The minimum absolute atomic E-state index is 0.0173. The van der Waals surface area contributed by atoms with Crippen molar-refractivity contribution in [1.82, 2.24) is 4.98 Å². The molecule has 0 atom stereocenters. The summed E-state index contributed by atoms with van der Waals surface area (Å²) >= 11 is 0. The first-order valence-electron chi connectivity index (χ1n) is 5.21. The number of aromatic nitrogens is 1. The Kier molecular flexibility index (Phi) is 3.33. The molecule has 0 N–H and O–H groups in total. The molecule has 0 amide bonds. The van der Waals surface area contributed by atoms with Crippen LogP contribution in [0.25, 0.3) is 11.3 Å². The molecule has 2 nitrogen and oxygen atoms in total. The van der Waals surface area contributed by atoms with E-state index in [1.807, 2.05) is 0 Å². The monoisotopic (exact) mass is 269 g/mol. The fourth-order valence-corrected chi connectivity index (χ4v) is 1.59. The Labute approximate surface area is 105 Å². The fraction of sp³-hybridized carbons (Fsp3) is 0.0769. The fourth-order valence-electron chi connectivity index (χ4n) is 1.59. The van der Waals surface area contributed by atoms with Crippen molar-refractivity contribution in [3.63, 3.8) is 0 Å². The highest BCUT2D eigenvalue weighted by molar-refractivity contribution is 5.85. The number of hydrogen-bond donors (Lipinski definition) is 0. The van der Waals surface area contributed by atoms with E-state index in [1.165, 1.54) is 6.07 Å². The number of aldehydes is 1. The summed E-state index contributed by atoms with van der Waals surface area (Å²) in [5.74, 6) is -0.805. The van der Waals surface area contributed by atoms with Gasteiger partial charge >= 0.3 is 6.18 Å². The molecule has 0 saturated heterocycles. The van der Waals surface area contributed by atoms with Gasteiger partial charge in [0.2, 0.25) is 5.95 Å². The number of rotatable bonds is 2. The first kappa shape index (κ1) is 13.2. The number of nitrogens with zero attached hydrogens (tertiary/aromatic N) is 1. The van der Waals surface area contributed by atoms with Gasteiger partial charge in [-0.1, -0.05) is 12.1 Å². The Morgan fingerprint density at radius 1 is 1.00 bits per heavy atom. The summed E-state index contributed by atoms with van der Waals surface area (Å²) in [5, 5.41) is 0. The Morgan fingerprint density at radius 2 is 1.63 bits per heavy atom. The Hall–Kier alpha value is -2.24. The highest BCUT2D eigenvalue weighted by Gasteiger charge is 2.30. The van der Waals surface area contributed by atoms with Crippen molar-refractivity contribution in [2.45, 2.75) is 6.18 Å². The first-order chi connectivity index (χ1) is 8.91. The van der Waals surface area contributed by atoms with E-state index in [2.05, 4.69) is 4.98 Å². The molecular weight excluding hydrogens is 262 g/mol. The van der Waals surface area contributed by atoms with Gasteiger partial charge < -0.3 is 0 Å². The number of pyridine rings is 1. The number of carbonyl (C=O) groups is 1. The highest BCUT2D eigenvalue weighted by atomic mass is 19.4. The summed E-state index contributed by atoms with van der Waals surface area (Å²) in [5.41, 5.74) is -0.445. The lowest BCUT2D eigenvalue weighted by molar-refractivity contribution is -0.137. The molecule has 0 aliphatic rings. The van der Waals surface area contributed by atoms with Crippen LogP contribution >= 0.6 is 0 Å². The standard InChI is InChI=1S/C13H7F4NO/c14-11-6-3-9(7-19)12(18-11)8-1-4-10(5-2-8)13(15,16)17/h1-7H. The van der Waals surface area contributed by atoms with E-state index < -0.39 is 17.7 Å². The molecule has 0 aliphatic heterocycles. The maximum atomic E-state index is 13.0. The van der Waals surface area contributed by atoms with Gasteiger partial charge in [0.15, 0.2) is 6.29 Å². The average molecular weight is 269 g/mol. The zero-order chi connectivity index (χ0) is 14.0. The van der Waals surface area contributed by atoms with Crippen LogP contribution in [0.1, 0.15) is 15.9 Å². The van der Waals surface area contributed by atoms with Crippen molar-refractivity contribution in [1.29, 1.82) is 0 Å². The molecule has 2 rings (SSSR count). The molecule has 0 fully saturated rings.